The van der Waals surface area contributed by atoms with Crippen LogP contribution in [0.1, 0.15) is 17.5 Å². The van der Waals surface area contributed by atoms with Gasteiger partial charge in [0.05, 0.1) is 24.4 Å². The summed E-state index contributed by atoms with van der Waals surface area (Å²) in [6.07, 6.45) is 2.03. The number of nitrogens with one attached hydrogen (secondary N) is 1. The molecule has 0 unspecified atom stereocenters. The second kappa shape index (κ2) is 7.70. The first kappa shape index (κ1) is 17.9. The van der Waals surface area contributed by atoms with Crippen molar-refractivity contribution in [1.29, 1.82) is 0 Å². The number of halogens is 1. The molecule has 1 N–H and O–H groups in total. The zero-order valence-electron chi connectivity index (χ0n) is 15.9. The molecule has 1 saturated heterocycles. The Labute approximate surface area is 170 Å². The predicted molar refractivity (Wildman–Crippen MR) is 115 cm³/mol. The minimum absolute atomic E-state index is 0.751. The second-order valence-electron chi connectivity index (χ2n) is 7.54. The molecule has 0 atom stereocenters. The summed E-state index contributed by atoms with van der Waals surface area (Å²) in [4.78, 5) is 7.46. The number of nitrogens with zero attached hydrogens (tertiary/aromatic N) is 2. The monoisotopic (exact) mass is 393 g/mol. The third-order valence-corrected chi connectivity index (χ3v) is 5.98. The van der Waals surface area contributed by atoms with Gasteiger partial charge in [-0.1, -0.05) is 35.9 Å². The van der Waals surface area contributed by atoms with E-state index in [4.69, 9.17) is 21.3 Å². The van der Waals surface area contributed by atoms with E-state index in [0.29, 0.717) is 0 Å². The number of rotatable bonds is 5. The van der Waals surface area contributed by atoms with Crippen LogP contribution in [0.5, 0.6) is 0 Å². The van der Waals surface area contributed by atoms with E-state index in [-0.39, 0.29) is 0 Å². The molecule has 5 rings (SSSR count). The number of fused-ring (bicyclic) bond motifs is 4. The van der Waals surface area contributed by atoms with Crippen LogP contribution in [0.15, 0.2) is 42.5 Å². The minimum Gasteiger partial charge on any atom is -0.384 e. The van der Waals surface area contributed by atoms with Gasteiger partial charge < -0.3 is 10.1 Å². The predicted octanol–water partition coefficient (Wildman–Crippen LogP) is 4.59. The van der Waals surface area contributed by atoms with Gasteiger partial charge in [0, 0.05) is 53.3 Å². The molecule has 2 aliphatic rings. The number of benzene rings is 2. The first-order valence-corrected chi connectivity index (χ1v) is 10.4. The Hall–Kier alpha value is -2.14. The van der Waals surface area contributed by atoms with Gasteiger partial charge in [0.2, 0.25) is 0 Å². The Balaban J connectivity index is 1.43. The number of morpholine rings is 1. The van der Waals surface area contributed by atoms with Gasteiger partial charge in [-0.25, -0.2) is 4.98 Å². The van der Waals surface area contributed by atoms with Crippen LogP contribution in [0.25, 0.3) is 22.2 Å². The fourth-order valence-corrected chi connectivity index (χ4v) is 4.48. The first-order valence-electron chi connectivity index (χ1n) is 10.0. The van der Waals surface area contributed by atoms with Crippen LogP contribution in [0.3, 0.4) is 0 Å². The van der Waals surface area contributed by atoms with Crippen molar-refractivity contribution in [3.63, 3.8) is 0 Å². The molecule has 0 bridgehead atoms. The standard InChI is InChI=1S/C23H24ClN3O/c24-17-6-7-21-19(15-17)22(25-8-3-9-27-10-12-28-13-11-27)20-14-16-4-1-2-5-18(16)23(20)26-21/h1-2,4-7,15H,3,8-14H2,(H,25,26). The van der Waals surface area contributed by atoms with E-state index < -0.39 is 0 Å². The largest absolute Gasteiger partial charge is 0.384 e. The second-order valence-corrected chi connectivity index (χ2v) is 7.98. The molecule has 0 saturated carbocycles. The summed E-state index contributed by atoms with van der Waals surface area (Å²) in [5.74, 6) is 0. The Morgan fingerprint density at radius 3 is 2.86 bits per heavy atom. The van der Waals surface area contributed by atoms with E-state index >= 15 is 0 Å². The third-order valence-electron chi connectivity index (χ3n) is 5.74. The van der Waals surface area contributed by atoms with Crippen molar-refractivity contribution in [2.75, 3.05) is 44.7 Å². The topological polar surface area (TPSA) is 37.4 Å². The molecular formula is C23H24ClN3O. The number of hydrogen-bond donors (Lipinski definition) is 1. The molecule has 1 fully saturated rings. The molecule has 28 heavy (non-hydrogen) atoms. The van der Waals surface area contributed by atoms with Crippen molar-refractivity contribution >= 4 is 28.2 Å². The number of aromatic nitrogens is 1. The molecule has 1 aliphatic carbocycles. The SMILES string of the molecule is Clc1ccc2nc3c(c(NCCCN4CCOCC4)c2c1)Cc1ccccc1-3. The minimum atomic E-state index is 0.751. The molecule has 1 aliphatic heterocycles. The Kier molecular flexibility index (Phi) is 4.93. The number of hydrogen-bond acceptors (Lipinski definition) is 4. The molecule has 0 amide bonds. The van der Waals surface area contributed by atoms with Gasteiger partial charge in [0.15, 0.2) is 0 Å². The lowest BCUT2D eigenvalue weighted by Crippen LogP contribution is -2.37. The number of pyridine rings is 1. The van der Waals surface area contributed by atoms with Crippen molar-refractivity contribution in [2.24, 2.45) is 0 Å². The lowest BCUT2D eigenvalue weighted by atomic mass is 10.1. The summed E-state index contributed by atoms with van der Waals surface area (Å²) in [6.45, 7) is 5.82. The van der Waals surface area contributed by atoms with Crippen molar-refractivity contribution < 1.29 is 4.74 Å². The van der Waals surface area contributed by atoms with Gasteiger partial charge >= 0.3 is 0 Å². The van der Waals surface area contributed by atoms with E-state index in [2.05, 4.69) is 34.5 Å². The highest BCUT2D eigenvalue weighted by atomic mass is 35.5. The van der Waals surface area contributed by atoms with Crippen LogP contribution < -0.4 is 5.32 Å². The van der Waals surface area contributed by atoms with E-state index in [1.165, 1.54) is 22.4 Å². The maximum atomic E-state index is 6.32. The first-order chi connectivity index (χ1) is 13.8. The quantitative estimate of drug-likeness (QED) is 0.503. The van der Waals surface area contributed by atoms with Gasteiger partial charge in [-0.15, -0.1) is 0 Å². The van der Waals surface area contributed by atoms with Crippen molar-refractivity contribution in [3.8, 4) is 11.3 Å². The normalized spacial score (nSPS) is 16.2. The Bertz CT molecular complexity index is 1010. The summed E-state index contributed by atoms with van der Waals surface area (Å²) < 4.78 is 5.44. The molecule has 0 radical (unpaired) electrons. The molecule has 2 aromatic carbocycles. The van der Waals surface area contributed by atoms with Crippen molar-refractivity contribution in [1.82, 2.24) is 9.88 Å². The highest BCUT2D eigenvalue weighted by Gasteiger charge is 2.24. The average Bonchev–Trinajstić information content (AvgIpc) is 3.10. The van der Waals surface area contributed by atoms with Gasteiger partial charge in [-0.2, -0.15) is 0 Å². The van der Waals surface area contributed by atoms with Crippen molar-refractivity contribution in [2.45, 2.75) is 12.8 Å². The molecule has 0 spiro atoms. The molecular weight excluding hydrogens is 370 g/mol. The van der Waals surface area contributed by atoms with E-state index in [1.54, 1.807) is 0 Å². The van der Waals surface area contributed by atoms with Gasteiger partial charge in [0.25, 0.3) is 0 Å². The van der Waals surface area contributed by atoms with E-state index in [0.717, 1.165) is 73.9 Å². The number of ether oxygens (including phenoxy) is 1. The maximum absolute atomic E-state index is 6.32. The fraction of sp³-hybridized carbons (Fsp3) is 0.348. The molecule has 1 aromatic heterocycles. The molecule has 144 valence electrons. The summed E-state index contributed by atoms with van der Waals surface area (Å²) in [7, 11) is 0. The van der Waals surface area contributed by atoms with Crippen LogP contribution in [-0.4, -0.2) is 49.3 Å². The van der Waals surface area contributed by atoms with Crippen LogP contribution in [0.2, 0.25) is 5.02 Å². The lowest BCUT2D eigenvalue weighted by Gasteiger charge is -2.26. The highest BCUT2D eigenvalue weighted by Crippen LogP contribution is 2.42. The van der Waals surface area contributed by atoms with E-state index in [1.807, 2.05) is 18.2 Å². The van der Waals surface area contributed by atoms with Crippen molar-refractivity contribution in [3.05, 3.63) is 58.6 Å². The summed E-state index contributed by atoms with van der Waals surface area (Å²) in [6, 6.07) is 14.6. The Morgan fingerprint density at radius 2 is 1.96 bits per heavy atom. The number of anilines is 1. The Morgan fingerprint density at radius 1 is 1.11 bits per heavy atom. The van der Waals surface area contributed by atoms with Crippen LogP contribution in [0, 0.1) is 0 Å². The van der Waals surface area contributed by atoms with Crippen LogP contribution >= 0.6 is 11.6 Å². The molecule has 5 heteroatoms. The van der Waals surface area contributed by atoms with E-state index in [9.17, 15) is 0 Å². The zero-order valence-corrected chi connectivity index (χ0v) is 16.6. The third kappa shape index (κ3) is 3.37. The van der Waals surface area contributed by atoms with Crippen LogP contribution in [-0.2, 0) is 11.2 Å². The molecule has 4 nitrogen and oxygen atoms in total. The lowest BCUT2D eigenvalue weighted by molar-refractivity contribution is 0.0378. The molecule has 2 heterocycles. The molecule has 3 aromatic rings. The maximum Gasteiger partial charge on any atom is 0.0768 e. The fourth-order valence-electron chi connectivity index (χ4n) is 4.31. The van der Waals surface area contributed by atoms with Gasteiger partial charge in [0.1, 0.15) is 0 Å². The summed E-state index contributed by atoms with van der Waals surface area (Å²) >= 11 is 6.32. The highest BCUT2D eigenvalue weighted by molar-refractivity contribution is 6.31. The van der Waals surface area contributed by atoms with Crippen LogP contribution in [0.4, 0.5) is 5.69 Å². The smallest absolute Gasteiger partial charge is 0.0768 e. The van der Waals surface area contributed by atoms with Gasteiger partial charge in [-0.3, -0.25) is 4.90 Å². The zero-order chi connectivity index (χ0) is 18.9. The average molecular weight is 394 g/mol. The summed E-state index contributed by atoms with van der Waals surface area (Å²) in [5.41, 5.74) is 7.20. The van der Waals surface area contributed by atoms with Gasteiger partial charge in [-0.05, 0) is 36.7 Å². The summed E-state index contributed by atoms with van der Waals surface area (Å²) in [5, 5.41) is 5.60.